The molecule has 6 heteroatoms. The molecule has 0 saturated heterocycles. The van der Waals surface area contributed by atoms with Crippen LogP contribution in [0.5, 0.6) is 0 Å². The summed E-state index contributed by atoms with van der Waals surface area (Å²) in [6.45, 7) is 2.01. The van der Waals surface area contributed by atoms with E-state index < -0.39 is 5.91 Å². The number of nitrogens with two attached hydrogens (primary N) is 2. The smallest absolute Gasteiger partial charge is 0.260 e. The van der Waals surface area contributed by atoms with Crippen LogP contribution in [-0.4, -0.2) is 11.8 Å². The van der Waals surface area contributed by atoms with E-state index in [0.29, 0.717) is 22.0 Å². The van der Waals surface area contributed by atoms with Crippen molar-refractivity contribution in [2.45, 2.75) is 19.3 Å². The SMILES string of the molecule is Cc1ccc([C@@H]2CC(=O)Nc3sc(C(N)=O)c(N)c32)cc1. The Bertz CT molecular complexity index is 734. The molecule has 0 aliphatic carbocycles. The van der Waals surface area contributed by atoms with Crippen molar-refractivity contribution in [3.63, 3.8) is 0 Å². The van der Waals surface area contributed by atoms with Gasteiger partial charge >= 0.3 is 0 Å². The van der Waals surface area contributed by atoms with Gasteiger partial charge in [0.2, 0.25) is 5.91 Å². The molecule has 108 valence electrons. The summed E-state index contributed by atoms with van der Waals surface area (Å²) >= 11 is 1.14. The molecule has 1 aliphatic heterocycles. The van der Waals surface area contributed by atoms with E-state index in [1.54, 1.807) is 0 Å². The molecular weight excluding hydrogens is 286 g/mol. The average Bonchev–Trinajstić information content (AvgIpc) is 2.76. The minimum absolute atomic E-state index is 0.0784. The number of aryl methyl sites for hydroxylation is 1. The zero-order valence-electron chi connectivity index (χ0n) is 11.5. The van der Waals surface area contributed by atoms with Crippen molar-refractivity contribution < 1.29 is 9.59 Å². The molecular formula is C15H15N3O2S. The summed E-state index contributed by atoms with van der Waals surface area (Å²) in [7, 11) is 0. The van der Waals surface area contributed by atoms with Crippen LogP contribution in [0, 0.1) is 6.92 Å². The van der Waals surface area contributed by atoms with Crippen LogP contribution in [0.3, 0.4) is 0 Å². The van der Waals surface area contributed by atoms with Crippen LogP contribution >= 0.6 is 11.3 Å². The lowest BCUT2D eigenvalue weighted by molar-refractivity contribution is -0.116. The fourth-order valence-electron chi connectivity index (χ4n) is 2.63. The van der Waals surface area contributed by atoms with Crippen molar-refractivity contribution >= 4 is 33.8 Å². The van der Waals surface area contributed by atoms with Crippen molar-refractivity contribution in [3.8, 4) is 0 Å². The van der Waals surface area contributed by atoms with Crippen LogP contribution in [-0.2, 0) is 4.79 Å². The standard InChI is InChI=1S/C15H15N3O2S/c1-7-2-4-8(5-3-7)9-6-10(19)18-15-11(9)12(16)13(21-15)14(17)20/h2-5,9H,6,16H2,1H3,(H2,17,20)(H,18,19)/t9-/m0/s1. The molecule has 0 radical (unpaired) electrons. The third kappa shape index (κ3) is 2.27. The van der Waals surface area contributed by atoms with Crippen LogP contribution < -0.4 is 16.8 Å². The molecule has 5 N–H and O–H groups in total. The predicted octanol–water partition coefficient (Wildman–Crippen LogP) is 2.21. The van der Waals surface area contributed by atoms with E-state index in [2.05, 4.69) is 5.32 Å². The topological polar surface area (TPSA) is 98.2 Å². The third-order valence-corrected chi connectivity index (χ3v) is 4.83. The molecule has 0 unspecified atom stereocenters. The number of amides is 2. The molecule has 0 saturated carbocycles. The van der Waals surface area contributed by atoms with Gasteiger partial charge in [0.25, 0.3) is 5.91 Å². The van der Waals surface area contributed by atoms with Crippen molar-refractivity contribution in [3.05, 3.63) is 45.8 Å². The van der Waals surface area contributed by atoms with Crippen LogP contribution in [0.25, 0.3) is 0 Å². The van der Waals surface area contributed by atoms with Crippen molar-refractivity contribution in [1.29, 1.82) is 0 Å². The summed E-state index contributed by atoms with van der Waals surface area (Å²) in [5.41, 5.74) is 14.8. The van der Waals surface area contributed by atoms with Crippen LogP contribution in [0.4, 0.5) is 10.7 Å². The maximum absolute atomic E-state index is 11.9. The van der Waals surface area contributed by atoms with Gasteiger partial charge in [-0.15, -0.1) is 11.3 Å². The minimum atomic E-state index is -0.566. The number of carbonyl (C=O) groups is 2. The molecule has 5 nitrogen and oxygen atoms in total. The highest BCUT2D eigenvalue weighted by Crippen LogP contribution is 2.46. The largest absolute Gasteiger partial charge is 0.397 e. The van der Waals surface area contributed by atoms with Gasteiger partial charge in [-0.25, -0.2) is 0 Å². The van der Waals surface area contributed by atoms with Gasteiger partial charge in [0.05, 0.1) is 5.69 Å². The second-order valence-corrected chi connectivity index (χ2v) is 6.19. The molecule has 2 amide bonds. The normalized spacial score (nSPS) is 17.2. The van der Waals surface area contributed by atoms with Crippen LogP contribution in [0.15, 0.2) is 24.3 Å². The van der Waals surface area contributed by atoms with E-state index in [9.17, 15) is 9.59 Å². The minimum Gasteiger partial charge on any atom is -0.397 e. The first kappa shape index (κ1) is 13.6. The Morgan fingerprint density at radius 1 is 1.33 bits per heavy atom. The fourth-order valence-corrected chi connectivity index (χ4v) is 3.68. The number of hydrogen-bond acceptors (Lipinski definition) is 4. The number of hydrogen-bond donors (Lipinski definition) is 3. The molecule has 0 spiro atoms. The van der Waals surface area contributed by atoms with Gasteiger partial charge in [-0.3, -0.25) is 9.59 Å². The summed E-state index contributed by atoms with van der Waals surface area (Å²) < 4.78 is 0. The van der Waals surface area contributed by atoms with Gasteiger partial charge in [0.15, 0.2) is 0 Å². The van der Waals surface area contributed by atoms with Crippen LogP contribution in [0.2, 0.25) is 0 Å². The maximum Gasteiger partial charge on any atom is 0.260 e. The Morgan fingerprint density at radius 3 is 2.62 bits per heavy atom. The maximum atomic E-state index is 11.9. The number of rotatable bonds is 2. The Kier molecular flexibility index (Phi) is 3.17. The molecule has 0 fully saturated rings. The number of nitrogens with one attached hydrogen (secondary N) is 1. The lowest BCUT2D eigenvalue weighted by atomic mass is 9.86. The molecule has 3 rings (SSSR count). The first-order valence-electron chi connectivity index (χ1n) is 6.55. The van der Waals surface area contributed by atoms with Gasteiger partial charge in [-0.2, -0.15) is 0 Å². The quantitative estimate of drug-likeness (QED) is 0.793. The Morgan fingerprint density at radius 2 is 2.00 bits per heavy atom. The lowest BCUT2D eigenvalue weighted by Crippen LogP contribution is -2.22. The number of primary amides is 1. The van der Waals surface area contributed by atoms with E-state index in [1.807, 2.05) is 31.2 Å². The Labute approximate surface area is 126 Å². The number of benzene rings is 1. The number of anilines is 2. The van der Waals surface area contributed by atoms with Crippen molar-refractivity contribution in [2.75, 3.05) is 11.1 Å². The van der Waals surface area contributed by atoms with Gasteiger partial charge in [-0.05, 0) is 12.5 Å². The van der Waals surface area contributed by atoms with E-state index in [-0.39, 0.29) is 11.8 Å². The highest BCUT2D eigenvalue weighted by molar-refractivity contribution is 7.19. The number of nitrogen functional groups attached to an aromatic ring is 1. The molecule has 1 aliphatic rings. The second-order valence-electron chi connectivity index (χ2n) is 5.17. The van der Waals surface area contributed by atoms with Crippen LogP contribution in [0.1, 0.15) is 38.7 Å². The Balaban J connectivity index is 2.14. The number of carbonyl (C=O) groups excluding carboxylic acids is 2. The molecule has 1 aromatic carbocycles. The summed E-state index contributed by atoms with van der Waals surface area (Å²) in [5, 5.41) is 3.41. The monoisotopic (exact) mass is 301 g/mol. The van der Waals surface area contributed by atoms with E-state index in [4.69, 9.17) is 11.5 Å². The highest BCUT2D eigenvalue weighted by atomic mass is 32.1. The molecule has 2 heterocycles. The summed E-state index contributed by atoms with van der Waals surface area (Å²) in [4.78, 5) is 23.7. The lowest BCUT2D eigenvalue weighted by Gasteiger charge is -2.23. The van der Waals surface area contributed by atoms with E-state index in [1.165, 1.54) is 0 Å². The molecule has 1 atom stereocenters. The summed E-state index contributed by atoms with van der Waals surface area (Å²) in [6.07, 6.45) is 0.315. The fraction of sp³-hybridized carbons (Fsp3) is 0.200. The predicted molar refractivity (Wildman–Crippen MR) is 83.5 cm³/mol. The van der Waals surface area contributed by atoms with E-state index in [0.717, 1.165) is 28.0 Å². The Hall–Kier alpha value is -2.34. The van der Waals surface area contributed by atoms with E-state index >= 15 is 0 Å². The number of thiophene rings is 1. The second kappa shape index (κ2) is 4.89. The molecule has 0 bridgehead atoms. The van der Waals surface area contributed by atoms with Gasteiger partial charge in [-0.1, -0.05) is 29.8 Å². The van der Waals surface area contributed by atoms with Gasteiger partial charge in [0.1, 0.15) is 9.88 Å². The average molecular weight is 301 g/mol. The van der Waals surface area contributed by atoms with Crippen molar-refractivity contribution in [2.24, 2.45) is 5.73 Å². The van der Waals surface area contributed by atoms with Crippen molar-refractivity contribution in [1.82, 2.24) is 0 Å². The zero-order valence-corrected chi connectivity index (χ0v) is 12.3. The third-order valence-electron chi connectivity index (χ3n) is 3.68. The molecule has 1 aromatic heterocycles. The first-order chi connectivity index (χ1) is 9.97. The highest BCUT2D eigenvalue weighted by Gasteiger charge is 2.32. The summed E-state index contributed by atoms with van der Waals surface area (Å²) in [6, 6.07) is 7.98. The van der Waals surface area contributed by atoms with Gasteiger partial charge in [0, 0.05) is 17.9 Å². The molecule has 2 aromatic rings. The summed E-state index contributed by atoms with van der Waals surface area (Å²) in [5.74, 6) is -0.784. The first-order valence-corrected chi connectivity index (χ1v) is 7.37. The zero-order chi connectivity index (χ0) is 15.1. The molecule has 21 heavy (non-hydrogen) atoms. The van der Waals surface area contributed by atoms with Gasteiger partial charge < -0.3 is 16.8 Å². The number of fused-ring (bicyclic) bond motifs is 1.